The van der Waals surface area contributed by atoms with Gasteiger partial charge in [-0.3, -0.25) is 5.10 Å². The second-order valence-corrected chi connectivity index (χ2v) is 8.69. The summed E-state index contributed by atoms with van der Waals surface area (Å²) in [4.78, 5) is 2.38. The van der Waals surface area contributed by atoms with E-state index in [1.54, 1.807) is 28.4 Å². The van der Waals surface area contributed by atoms with Gasteiger partial charge in [-0.15, -0.1) is 5.10 Å². The number of hydrogen-bond acceptors (Lipinski definition) is 7. The molecule has 0 bridgehead atoms. The van der Waals surface area contributed by atoms with Crippen LogP contribution in [0.3, 0.4) is 0 Å². The number of nitrogens with one attached hydrogen (secondary N) is 1. The van der Waals surface area contributed by atoms with Gasteiger partial charge in [0.15, 0.2) is 23.0 Å². The molecule has 2 aromatic carbocycles. The highest BCUT2D eigenvalue weighted by Gasteiger charge is 2.10. The lowest BCUT2D eigenvalue weighted by Gasteiger charge is -2.17. The number of benzene rings is 2. The zero-order valence-electron chi connectivity index (χ0n) is 22.1. The van der Waals surface area contributed by atoms with Gasteiger partial charge in [-0.05, 0) is 68.8 Å². The molecule has 1 heterocycles. The Kier molecular flexibility index (Phi) is 10.8. The molecular formula is C28H39N3O5. The lowest BCUT2D eigenvalue weighted by molar-refractivity contribution is 0.287. The maximum absolute atomic E-state index is 5.83. The fourth-order valence-corrected chi connectivity index (χ4v) is 4.01. The van der Waals surface area contributed by atoms with Crippen molar-refractivity contribution in [3.63, 3.8) is 0 Å². The van der Waals surface area contributed by atoms with E-state index in [4.69, 9.17) is 23.7 Å². The zero-order chi connectivity index (χ0) is 25.8. The van der Waals surface area contributed by atoms with Gasteiger partial charge >= 0.3 is 0 Å². The van der Waals surface area contributed by atoms with Gasteiger partial charge in [-0.1, -0.05) is 18.9 Å². The maximum Gasteiger partial charge on any atom is 0.233 e. The van der Waals surface area contributed by atoms with Gasteiger partial charge in [0.1, 0.15) is 0 Å². The first-order valence-corrected chi connectivity index (χ1v) is 12.4. The van der Waals surface area contributed by atoms with Gasteiger partial charge < -0.3 is 28.6 Å². The van der Waals surface area contributed by atoms with Gasteiger partial charge in [0.25, 0.3) is 0 Å². The van der Waals surface area contributed by atoms with Crippen LogP contribution in [0.15, 0.2) is 42.5 Å². The molecule has 0 aliphatic rings. The highest BCUT2D eigenvalue weighted by Crippen LogP contribution is 2.32. The number of likely N-dealkylation sites (N-methyl/N-ethyl adjacent to an activating group) is 1. The van der Waals surface area contributed by atoms with Gasteiger partial charge in [0.2, 0.25) is 5.88 Å². The minimum absolute atomic E-state index is 0.606. The second-order valence-electron chi connectivity index (χ2n) is 8.69. The van der Waals surface area contributed by atoms with Crippen LogP contribution in [0, 0.1) is 0 Å². The summed E-state index contributed by atoms with van der Waals surface area (Å²) in [6.45, 7) is 2.76. The summed E-state index contributed by atoms with van der Waals surface area (Å²) in [5.74, 6) is 3.53. The molecular weight excluding hydrogens is 458 g/mol. The molecule has 3 rings (SSSR count). The van der Waals surface area contributed by atoms with Crippen molar-refractivity contribution < 1.29 is 23.7 Å². The predicted molar refractivity (Wildman–Crippen MR) is 142 cm³/mol. The molecule has 0 amide bonds. The minimum atomic E-state index is 0.606. The Balaban J connectivity index is 1.29. The topological polar surface area (TPSA) is 78.1 Å². The molecule has 36 heavy (non-hydrogen) atoms. The third-order valence-electron chi connectivity index (χ3n) is 6.16. The van der Waals surface area contributed by atoms with Crippen LogP contribution in [0.5, 0.6) is 28.9 Å². The van der Waals surface area contributed by atoms with Crippen molar-refractivity contribution in [1.82, 2.24) is 15.1 Å². The summed E-state index contributed by atoms with van der Waals surface area (Å²) >= 11 is 0. The van der Waals surface area contributed by atoms with Crippen LogP contribution >= 0.6 is 0 Å². The van der Waals surface area contributed by atoms with Crippen LogP contribution in [-0.4, -0.2) is 70.3 Å². The average Bonchev–Trinajstić information content (AvgIpc) is 3.39. The van der Waals surface area contributed by atoms with Gasteiger partial charge in [0.05, 0.1) is 40.7 Å². The normalized spacial score (nSPS) is 10.9. The SMILES string of the molecule is COc1ccc(CCN(C)CCCCCCOc2cc(-c3ccc(OC)c(OC)c3)[nH]n2)cc1OC. The Morgan fingerprint density at radius 1 is 0.722 bits per heavy atom. The summed E-state index contributed by atoms with van der Waals surface area (Å²) in [6, 6.07) is 13.8. The van der Waals surface area contributed by atoms with Crippen molar-refractivity contribution >= 4 is 0 Å². The van der Waals surface area contributed by atoms with Crippen molar-refractivity contribution in [3.8, 4) is 40.1 Å². The van der Waals surface area contributed by atoms with E-state index in [0.717, 1.165) is 55.1 Å². The van der Waals surface area contributed by atoms with E-state index in [9.17, 15) is 0 Å². The first-order valence-electron chi connectivity index (χ1n) is 12.4. The molecule has 0 spiro atoms. The van der Waals surface area contributed by atoms with E-state index in [1.807, 2.05) is 30.3 Å². The van der Waals surface area contributed by atoms with Crippen molar-refractivity contribution in [2.45, 2.75) is 32.1 Å². The quantitative estimate of drug-likeness (QED) is 0.272. The van der Waals surface area contributed by atoms with Crippen LogP contribution < -0.4 is 23.7 Å². The molecule has 196 valence electrons. The molecule has 0 aliphatic heterocycles. The zero-order valence-corrected chi connectivity index (χ0v) is 22.1. The van der Waals surface area contributed by atoms with E-state index < -0.39 is 0 Å². The van der Waals surface area contributed by atoms with E-state index in [-0.39, 0.29) is 0 Å². The summed E-state index contributed by atoms with van der Waals surface area (Å²) in [5.41, 5.74) is 3.09. The minimum Gasteiger partial charge on any atom is -0.493 e. The van der Waals surface area contributed by atoms with Crippen LogP contribution in [0.25, 0.3) is 11.3 Å². The molecule has 8 nitrogen and oxygen atoms in total. The van der Waals surface area contributed by atoms with E-state index >= 15 is 0 Å². The first kappa shape index (κ1) is 27.2. The predicted octanol–water partition coefficient (Wildman–Crippen LogP) is 5.22. The Bertz CT molecular complexity index is 1070. The molecule has 0 fully saturated rings. The molecule has 1 aromatic heterocycles. The number of hydrogen-bond donors (Lipinski definition) is 1. The van der Waals surface area contributed by atoms with Crippen molar-refractivity contribution in [2.75, 3.05) is 55.2 Å². The third kappa shape index (κ3) is 7.81. The summed E-state index contributed by atoms with van der Waals surface area (Å²) in [7, 11) is 8.76. The smallest absolute Gasteiger partial charge is 0.233 e. The molecule has 3 aromatic rings. The first-order chi connectivity index (χ1) is 17.6. The molecule has 0 saturated carbocycles. The fraction of sp³-hybridized carbons (Fsp3) is 0.464. The molecule has 0 radical (unpaired) electrons. The van der Waals surface area contributed by atoms with Crippen molar-refractivity contribution in [1.29, 1.82) is 0 Å². The lowest BCUT2D eigenvalue weighted by atomic mass is 10.1. The number of methoxy groups -OCH3 is 4. The Labute approximate surface area is 214 Å². The van der Waals surface area contributed by atoms with Crippen molar-refractivity contribution in [3.05, 3.63) is 48.0 Å². The molecule has 0 atom stereocenters. The number of ether oxygens (including phenoxy) is 5. The molecule has 0 aliphatic carbocycles. The van der Waals surface area contributed by atoms with Crippen LogP contribution in [0.2, 0.25) is 0 Å². The molecule has 8 heteroatoms. The van der Waals surface area contributed by atoms with Gasteiger partial charge in [0, 0.05) is 18.2 Å². The van der Waals surface area contributed by atoms with E-state index in [0.29, 0.717) is 24.0 Å². The van der Waals surface area contributed by atoms with E-state index in [2.05, 4.69) is 34.3 Å². The average molecular weight is 498 g/mol. The molecule has 0 unspecified atom stereocenters. The number of aromatic nitrogens is 2. The molecule has 1 N–H and O–H groups in total. The molecule has 0 saturated heterocycles. The lowest BCUT2D eigenvalue weighted by Crippen LogP contribution is -2.22. The largest absolute Gasteiger partial charge is 0.493 e. The van der Waals surface area contributed by atoms with Crippen LogP contribution in [-0.2, 0) is 6.42 Å². The number of H-pyrrole nitrogens is 1. The monoisotopic (exact) mass is 497 g/mol. The number of aromatic amines is 1. The Morgan fingerprint density at radius 2 is 1.39 bits per heavy atom. The van der Waals surface area contributed by atoms with Gasteiger partial charge in [-0.25, -0.2) is 0 Å². The van der Waals surface area contributed by atoms with Crippen LogP contribution in [0.1, 0.15) is 31.2 Å². The van der Waals surface area contributed by atoms with Crippen LogP contribution in [0.4, 0.5) is 0 Å². The standard InChI is InChI=1S/C28H39N3O5/c1-31(16-14-21-10-12-24(32-2)26(18-21)34-4)15-8-6-7-9-17-36-28-20-23(29-30-28)22-11-13-25(33-3)27(19-22)35-5/h10-13,18-20H,6-9,14-17H2,1-5H3,(H,29,30). The Hall–Kier alpha value is -3.39. The second kappa shape index (κ2) is 14.2. The van der Waals surface area contributed by atoms with Crippen molar-refractivity contribution in [2.24, 2.45) is 0 Å². The summed E-state index contributed by atoms with van der Waals surface area (Å²) in [6.07, 6.45) is 5.49. The highest BCUT2D eigenvalue weighted by molar-refractivity contribution is 5.64. The highest BCUT2D eigenvalue weighted by atomic mass is 16.5. The fourth-order valence-electron chi connectivity index (χ4n) is 4.01. The third-order valence-corrected chi connectivity index (χ3v) is 6.16. The Morgan fingerprint density at radius 3 is 2.11 bits per heavy atom. The summed E-state index contributed by atoms with van der Waals surface area (Å²) < 4.78 is 27.2. The van der Waals surface area contributed by atoms with E-state index in [1.165, 1.54) is 18.4 Å². The number of rotatable bonds is 16. The number of nitrogens with zero attached hydrogens (tertiary/aromatic N) is 2. The van der Waals surface area contributed by atoms with Gasteiger partial charge in [-0.2, -0.15) is 0 Å². The summed E-state index contributed by atoms with van der Waals surface area (Å²) in [5, 5.41) is 7.30. The maximum atomic E-state index is 5.83. The number of unbranched alkanes of at least 4 members (excludes halogenated alkanes) is 3.